The number of benzene rings is 3. The summed E-state index contributed by atoms with van der Waals surface area (Å²) < 4.78 is 0. The van der Waals surface area contributed by atoms with Crippen LogP contribution in [0, 0.1) is 0 Å². The summed E-state index contributed by atoms with van der Waals surface area (Å²) in [4.78, 5) is 25.8. The molecule has 9 nitrogen and oxygen atoms in total. The van der Waals surface area contributed by atoms with Crippen LogP contribution in [0.2, 0.25) is 0 Å². The Balaban J connectivity index is 1.25. The van der Waals surface area contributed by atoms with Gasteiger partial charge in [0, 0.05) is 45.5 Å². The zero-order valence-corrected chi connectivity index (χ0v) is 20.0. The van der Waals surface area contributed by atoms with Crippen LogP contribution in [-0.2, 0) is 6.42 Å². The molecule has 0 atom stereocenters. The normalized spacial score (nSPS) is 11.4. The van der Waals surface area contributed by atoms with Gasteiger partial charge in [-0.1, -0.05) is 24.3 Å². The molecule has 0 amide bonds. The minimum Gasteiger partial charge on any atom is -0.352 e. The monoisotopic (exact) mass is 496 g/mol. The number of aromatic nitrogens is 7. The topological polar surface area (TPSA) is 125 Å². The smallest absolute Gasteiger partial charge is 0.183 e. The number of fused-ring (bicyclic) bond motifs is 3. The number of rotatable bonds is 6. The number of ketones is 1. The summed E-state index contributed by atoms with van der Waals surface area (Å²) in [6.07, 6.45) is 5.24. The molecule has 0 bridgehead atoms. The Morgan fingerprint density at radius 1 is 0.842 bits per heavy atom. The molecule has 0 fully saturated rings. The predicted molar refractivity (Wildman–Crippen MR) is 146 cm³/mol. The molecule has 38 heavy (non-hydrogen) atoms. The molecule has 0 saturated heterocycles. The average molecular weight is 497 g/mol. The first kappa shape index (κ1) is 21.8. The van der Waals surface area contributed by atoms with Gasteiger partial charge in [0.2, 0.25) is 0 Å². The Labute approximate surface area is 216 Å². The number of H-pyrrole nitrogens is 2. The third-order valence-electron chi connectivity index (χ3n) is 6.50. The maximum atomic E-state index is 12.8. The van der Waals surface area contributed by atoms with Crippen molar-refractivity contribution in [3.8, 4) is 11.4 Å². The van der Waals surface area contributed by atoms with E-state index in [9.17, 15) is 4.79 Å². The summed E-state index contributed by atoms with van der Waals surface area (Å²) in [7, 11) is 0. The molecule has 3 N–H and O–H groups in total. The van der Waals surface area contributed by atoms with Gasteiger partial charge in [0.15, 0.2) is 11.6 Å². The Bertz CT molecular complexity index is 1960. The summed E-state index contributed by atoms with van der Waals surface area (Å²) >= 11 is 0. The van der Waals surface area contributed by atoms with Crippen LogP contribution in [0.15, 0.2) is 91.4 Å². The Morgan fingerprint density at radius 3 is 2.71 bits per heavy atom. The third-order valence-corrected chi connectivity index (χ3v) is 6.50. The number of anilines is 2. The predicted octanol–water partition coefficient (Wildman–Crippen LogP) is 5.61. The van der Waals surface area contributed by atoms with Crippen molar-refractivity contribution in [1.29, 1.82) is 0 Å². The summed E-state index contributed by atoms with van der Waals surface area (Å²) in [5.74, 6) is 1.28. The fraction of sp³-hybridized carbons (Fsp3) is 0.0345. The maximum absolute atomic E-state index is 12.8. The number of para-hydroxylation sites is 1. The number of aromatic amines is 2. The summed E-state index contributed by atoms with van der Waals surface area (Å²) in [6.45, 7) is 0. The molecule has 7 rings (SSSR count). The number of nitrogens with zero attached hydrogens (tertiary/aromatic N) is 5. The van der Waals surface area contributed by atoms with Gasteiger partial charge in [-0.25, -0.2) is 9.97 Å². The van der Waals surface area contributed by atoms with E-state index in [1.165, 1.54) is 0 Å². The van der Waals surface area contributed by atoms with Gasteiger partial charge in [0.25, 0.3) is 0 Å². The van der Waals surface area contributed by atoms with Crippen LogP contribution in [0.3, 0.4) is 0 Å². The molecule has 3 aromatic carbocycles. The lowest BCUT2D eigenvalue weighted by Gasteiger charge is -2.11. The fourth-order valence-electron chi connectivity index (χ4n) is 4.58. The van der Waals surface area contributed by atoms with E-state index in [0.29, 0.717) is 17.3 Å². The molecule has 0 saturated carbocycles. The highest BCUT2D eigenvalue weighted by atomic mass is 16.1. The number of carbonyl (C=O) groups is 1. The van der Waals surface area contributed by atoms with Gasteiger partial charge in [-0.2, -0.15) is 15.3 Å². The van der Waals surface area contributed by atoms with E-state index >= 15 is 0 Å². The second kappa shape index (κ2) is 8.90. The van der Waals surface area contributed by atoms with Crippen LogP contribution in [0.4, 0.5) is 11.5 Å². The van der Waals surface area contributed by atoms with Crippen LogP contribution in [0.1, 0.15) is 16.1 Å². The third kappa shape index (κ3) is 4.01. The van der Waals surface area contributed by atoms with Crippen molar-refractivity contribution >= 4 is 50.0 Å². The molecule has 0 unspecified atom stereocenters. The van der Waals surface area contributed by atoms with Crippen molar-refractivity contribution in [2.75, 3.05) is 5.32 Å². The minimum absolute atomic E-state index is 0.0150. The molecule has 7 aromatic rings. The molecular weight excluding hydrogens is 476 g/mol. The van der Waals surface area contributed by atoms with Gasteiger partial charge in [-0.3, -0.25) is 9.89 Å². The van der Waals surface area contributed by atoms with E-state index in [-0.39, 0.29) is 12.2 Å². The Morgan fingerprint density at radius 2 is 1.79 bits per heavy atom. The lowest BCUT2D eigenvalue weighted by Crippen LogP contribution is -2.04. The lowest BCUT2D eigenvalue weighted by molar-refractivity contribution is 0.0989. The van der Waals surface area contributed by atoms with Crippen molar-refractivity contribution in [3.05, 3.63) is 103 Å². The first-order valence-corrected chi connectivity index (χ1v) is 12.1. The van der Waals surface area contributed by atoms with Gasteiger partial charge < -0.3 is 10.3 Å². The van der Waals surface area contributed by atoms with Gasteiger partial charge >= 0.3 is 0 Å². The SMILES string of the molecule is O=C(Cc1ccnnc1)c1cc2ccc(-c3nc(Nc4ccc5[nH]ncc5c4)c4ccccc4n3)cc2[nH]1. The lowest BCUT2D eigenvalue weighted by atomic mass is 10.1. The van der Waals surface area contributed by atoms with E-state index < -0.39 is 0 Å². The first-order valence-electron chi connectivity index (χ1n) is 12.1. The van der Waals surface area contributed by atoms with Crippen LogP contribution in [0.25, 0.3) is 44.1 Å². The van der Waals surface area contributed by atoms with Crippen LogP contribution in [-0.4, -0.2) is 41.1 Å². The number of Topliss-reactive ketones (excluding diaryl/α,β-unsaturated/α-hetero) is 1. The van der Waals surface area contributed by atoms with Crippen LogP contribution < -0.4 is 5.32 Å². The van der Waals surface area contributed by atoms with E-state index in [2.05, 4.69) is 30.7 Å². The quantitative estimate of drug-likeness (QED) is 0.255. The molecule has 0 radical (unpaired) electrons. The highest BCUT2D eigenvalue weighted by Gasteiger charge is 2.14. The van der Waals surface area contributed by atoms with Crippen molar-refractivity contribution in [2.45, 2.75) is 6.42 Å². The summed E-state index contributed by atoms with van der Waals surface area (Å²) in [5, 5.41) is 21.0. The van der Waals surface area contributed by atoms with Crippen LogP contribution >= 0.6 is 0 Å². The molecule has 4 aromatic heterocycles. The van der Waals surface area contributed by atoms with Crippen LogP contribution in [0.5, 0.6) is 0 Å². The first-order chi connectivity index (χ1) is 18.7. The van der Waals surface area contributed by atoms with Gasteiger partial charge in [0.05, 0.1) is 29.1 Å². The Hall–Kier alpha value is -5.44. The molecule has 0 aliphatic carbocycles. The van der Waals surface area contributed by atoms with Crippen molar-refractivity contribution < 1.29 is 4.79 Å². The van der Waals surface area contributed by atoms with Crippen molar-refractivity contribution in [1.82, 2.24) is 35.3 Å². The second-order valence-corrected chi connectivity index (χ2v) is 9.05. The molecular formula is C29H20N8O. The van der Waals surface area contributed by atoms with E-state index in [1.54, 1.807) is 24.7 Å². The van der Waals surface area contributed by atoms with E-state index in [1.807, 2.05) is 66.7 Å². The number of carbonyl (C=O) groups excluding carboxylic acids is 1. The number of nitrogens with one attached hydrogen (secondary N) is 3. The average Bonchev–Trinajstić information content (AvgIpc) is 3.60. The summed E-state index contributed by atoms with van der Waals surface area (Å²) in [5.41, 5.74) is 5.76. The highest BCUT2D eigenvalue weighted by Crippen LogP contribution is 2.30. The molecule has 0 aliphatic rings. The van der Waals surface area contributed by atoms with Crippen molar-refractivity contribution in [3.63, 3.8) is 0 Å². The van der Waals surface area contributed by atoms with Gasteiger partial charge in [-0.15, -0.1) is 0 Å². The largest absolute Gasteiger partial charge is 0.352 e. The Kier molecular flexibility index (Phi) is 5.11. The van der Waals surface area contributed by atoms with Crippen molar-refractivity contribution in [2.24, 2.45) is 0 Å². The molecule has 4 heterocycles. The molecule has 182 valence electrons. The standard InChI is InChI=1S/C29H20N8O/c38-27(11-17-9-10-30-31-15-17)26-13-18-5-6-19(14-25(18)34-26)28-35-24-4-2-1-3-22(24)29(36-28)33-21-7-8-23-20(12-21)16-32-37-23/h1-10,12-16,34H,11H2,(H,32,37)(H,33,35,36). The molecule has 0 spiro atoms. The second-order valence-electron chi connectivity index (χ2n) is 9.05. The minimum atomic E-state index is -0.0150. The fourth-order valence-corrected chi connectivity index (χ4v) is 4.58. The van der Waals surface area contributed by atoms with Gasteiger partial charge in [0.1, 0.15) is 5.82 Å². The van der Waals surface area contributed by atoms with E-state index in [0.717, 1.165) is 49.5 Å². The zero-order valence-electron chi connectivity index (χ0n) is 20.0. The highest BCUT2D eigenvalue weighted by molar-refractivity contribution is 6.01. The number of hydrogen-bond donors (Lipinski definition) is 3. The molecule has 9 heteroatoms. The van der Waals surface area contributed by atoms with E-state index in [4.69, 9.17) is 9.97 Å². The summed E-state index contributed by atoms with van der Waals surface area (Å²) in [6, 6.07) is 23.5. The molecule has 0 aliphatic heterocycles. The zero-order chi connectivity index (χ0) is 25.5. The number of hydrogen-bond acceptors (Lipinski definition) is 7. The maximum Gasteiger partial charge on any atom is 0.183 e. The van der Waals surface area contributed by atoms with Gasteiger partial charge in [-0.05, 0) is 54.1 Å².